The van der Waals surface area contributed by atoms with Gasteiger partial charge in [0.25, 0.3) is 0 Å². The summed E-state index contributed by atoms with van der Waals surface area (Å²) in [5, 5.41) is 0. The summed E-state index contributed by atoms with van der Waals surface area (Å²) in [5.74, 6) is 1.14. The summed E-state index contributed by atoms with van der Waals surface area (Å²) >= 11 is 0. The largest absolute Gasteiger partial charge is 0.443 e. The molecule has 3 nitrogen and oxygen atoms in total. The van der Waals surface area contributed by atoms with E-state index in [9.17, 15) is 0 Å². The lowest BCUT2D eigenvalue weighted by Crippen LogP contribution is -1.98. The molecule has 0 aliphatic heterocycles. The number of oxazole rings is 1. The predicted octanol–water partition coefficient (Wildman–Crippen LogP) is 4.72. The molecule has 21 heavy (non-hydrogen) atoms. The maximum Gasteiger partial charge on any atom is 0.181 e. The molecule has 2 aromatic heterocycles. The van der Waals surface area contributed by atoms with Crippen LogP contribution in [0.25, 0.3) is 22.5 Å². The van der Waals surface area contributed by atoms with Crippen LogP contribution in [-0.4, -0.2) is 9.97 Å². The van der Waals surface area contributed by atoms with Crippen molar-refractivity contribution < 1.29 is 4.42 Å². The first-order valence-corrected chi connectivity index (χ1v) is 7.16. The van der Waals surface area contributed by atoms with Crippen molar-refractivity contribution in [1.29, 1.82) is 0 Å². The van der Waals surface area contributed by atoms with E-state index in [2.05, 4.69) is 48.2 Å². The number of hydrogen-bond acceptors (Lipinski definition) is 3. The highest BCUT2D eigenvalue weighted by Crippen LogP contribution is 2.33. The first-order chi connectivity index (χ1) is 10.3. The molecule has 105 valence electrons. The Morgan fingerprint density at radius 1 is 1.24 bits per heavy atom. The molecule has 0 aliphatic rings. The van der Waals surface area contributed by atoms with Crippen molar-refractivity contribution in [2.24, 2.45) is 0 Å². The maximum atomic E-state index is 5.49. The van der Waals surface area contributed by atoms with Crippen LogP contribution < -0.4 is 0 Å². The molecule has 0 aliphatic carbocycles. The molecule has 3 heteroatoms. The normalized spacial score (nSPS) is 12.3. The highest BCUT2D eigenvalue weighted by Gasteiger charge is 2.14. The summed E-state index contributed by atoms with van der Waals surface area (Å²) in [6.07, 6.45) is 7.41. The van der Waals surface area contributed by atoms with Gasteiger partial charge in [-0.1, -0.05) is 44.2 Å². The average Bonchev–Trinajstić information content (AvgIpc) is 3.09. The zero-order chi connectivity index (χ0) is 14.7. The Morgan fingerprint density at radius 2 is 2.05 bits per heavy atom. The number of benzene rings is 1. The fourth-order valence-electron chi connectivity index (χ4n) is 2.26. The predicted molar refractivity (Wildman–Crippen MR) is 82.7 cm³/mol. The molecular formula is C18H17N2O. The molecule has 0 saturated carbocycles. The zero-order valence-electron chi connectivity index (χ0n) is 12.2. The van der Waals surface area contributed by atoms with Crippen molar-refractivity contribution in [3.63, 3.8) is 0 Å². The van der Waals surface area contributed by atoms with Gasteiger partial charge in [-0.05, 0) is 24.0 Å². The van der Waals surface area contributed by atoms with Gasteiger partial charge in [0.05, 0.1) is 12.4 Å². The molecule has 2 heterocycles. The van der Waals surface area contributed by atoms with E-state index in [1.807, 2.05) is 18.2 Å². The highest BCUT2D eigenvalue weighted by atomic mass is 16.3. The lowest BCUT2D eigenvalue weighted by atomic mass is 9.96. The molecule has 0 saturated heterocycles. The van der Waals surface area contributed by atoms with Gasteiger partial charge in [-0.2, -0.15) is 0 Å². The van der Waals surface area contributed by atoms with Crippen molar-refractivity contribution in [2.75, 3.05) is 0 Å². The fourth-order valence-corrected chi connectivity index (χ4v) is 2.26. The second-order valence-corrected chi connectivity index (χ2v) is 5.12. The molecule has 0 spiro atoms. The molecule has 1 atom stereocenters. The highest BCUT2D eigenvalue weighted by molar-refractivity contribution is 5.80. The van der Waals surface area contributed by atoms with Crippen molar-refractivity contribution in [1.82, 2.24) is 9.97 Å². The van der Waals surface area contributed by atoms with Gasteiger partial charge in [0, 0.05) is 16.8 Å². The third-order valence-electron chi connectivity index (χ3n) is 3.74. The minimum atomic E-state index is 0.396. The average molecular weight is 277 g/mol. The lowest BCUT2D eigenvalue weighted by Gasteiger charge is -2.12. The van der Waals surface area contributed by atoms with Gasteiger partial charge in [0.2, 0.25) is 0 Å². The van der Waals surface area contributed by atoms with Crippen molar-refractivity contribution in [3.8, 4) is 22.5 Å². The monoisotopic (exact) mass is 277 g/mol. The van der Waals surface area contributed by atoms with E-state index in [4.69, 9.17) is 4.42 Å². The van der Waals surface area contributed by atoms with Crippen LogP contribution in [0.3, 0.4) is 0 Å². The lowest BCUT2D eigenvalue weighted by molar-refractivity contribution is 0.571. The number of aromatic nitrogens is 2. The summed E-state index contributed by atoms with van der Waals surface area (Å²) in [5.41, 5.74) is 4.04. The zero-order valence-corrected chi connectivity index (χ0v) is 12.2. The van der Waals surface area contributed by atoms with Crippen LogP contribution in [0.1, 0.15) is 31.9 Å². The smallest absolute Gasteiger partial charge is 0.181 e. The van der Waals surface area contributed by atoms with Gasteiger partial charge in [0.1, 0.15) is 0 Å². The minimum Gasteiger partial charge on any atom is -0.443 e. The number of hydrogen-bond donors (Lipinski definition) is 0. The third kappa shape index (κ3) is 2.72. The Morgan fingerprint density at radius 3 is 2.71 bits per heavy atom. The summed E-state index contributed by atoms with van der Waals surface area (Å²) in [4.78, 5) is 8.54. The number of pyridine rings is 1. The Hall–Kier alpha value is -2.42. The standard InChI is InChI=1S/C18H17N2O/c1-3-13(2)17-9-15(18-11-19-12-21-18)16(10-20-17)14-7-5-4-6-8-14/h4-9,11-13H,3H2,1-2H3. The van der Waals surface area contributed by atoms with E-state index >= 15 is 0 Å². The Labute approximate surface area is 124 Å². The van der Waals surface area contributed by atoms with Gasteiger partial charge < -0.3 is 4.42 Å². The molecule has 1 unspecified atom stereocenters. The Kier molecular flexibility index (Phi) is 3.82. The number of nitrogens with zero attached hydrogens (tertiary/aromatic N) is 2. The second kappa shape index (κ2) is 5.92. The molecule has 0 bridgehead atoms. The van der Waals surface area contributed by atoms with Crippen LogP contribution in [0.5, 0.6) is 0 Å². The van der Waals surface area contributed by atoms with Crippen molar-refractivity contribution in [2.45, 2.75) is 26.2 Å². The summed E-state index contributed by atoms with van der Waals surface area (Å²) < 4.78 is 5.49. The molecule has 1 radical (unpaired) electrons. The first-order valence-electron chi connectivity index (χ1n) is 7.16. The van der Waals surface area contributed by atoms with Gasteiger partial charge in [0.15, 0.2) is 12.2 Å². The van der Waals surface area contributed by atoms with E-state index in [1.165, 1.54) is 6.39 Å². The second-order valence-electron chi connectivity index (χ2n) is 5.12. The van der Waals surface area contributed by atoms with Crippen molar-refractivity contribution >= 4 is 0 Å². The molecule has 3 rings (SSSR count). The van der Waals surface area contributed by atoms with Gasteiger partial charge in [-0.15, -0.1) is 0 Å². The maximum absolute atomic E-state index is 5.49. The fraction of sp³-hybridized carbons (Fsp3) is 0.222. The quantitative estimate of drug-likeness (QED) is 0.692. The van der Waals surface area contributed by atoms with Crippen LogP contribution in [-0.2, 0) is 0 Å². The molecule has 0 fully saturated rings. The summed E-state index contributed by atoms with van der Waals surface area (Å²) in [6, 6.07) is 12.2. The van der Waals surface area contributed by atoms with E-state index in [0.717, 1.165) is 34.6 Å². The van der Waals surface area contributed by atoms with Crippen molar-refractivity contribution in [3.05, 3.63) is 60.9 Å². The SMILES string of the molecule is CCC(C)c1cc(-c2cnco2)c(-c2ccccc2)[c]n1. The van der Waals surface area contributed by atoms with Crippen LogP contribution in [0.15, 0.2) is 53.4 Å². The van der Waals surface area contributed by atoms with E-state index in [1.54, 1.807) is 6.20 Å². The Balaban J connectivity index is 2.16. The molecule has 0 amide bonds. The van der Waals surface area contributed by atoms with E-state index in [0.29, 0.717) is 5.92 Å². The van der Waals surface area contributed by atoms with Gasteiger partial charge >= 0.3 is 0 Å². The molecule has 0 N–H and O–H groups in total. The topological polar surface area (TPSA) is 38.9 Å². The van der Waals surface area contributed by atoms with Gasteiger partial charge in [-0.25, -0.2) is 4.98 Å². The first kappa shape index (κ1) is 13.6. The van der Waals surface area contributed by atoms with Crippen LogP contribution in [0.2, 0.25) is 0 Å². The minimum absolute atomic E-state index is 0.396. The van der Waals surface area contributed by atoms with E-state index < -0.39 is 0 Å². The summed E-state index contributed by atoms with van der Waals surface area (Å²) in [6.45, 7) is 4.33. The van der Waals surface area contributed by atoms with E-state index in [-0.39, 0.29) is 0 Å². The Bertz CT molecular complexity index is 705. The van der Waals surface area contributed by atoms with Crippen LogP contribution >= 0.6 is 0 Å². The molecule has 1 aromatic carbocycles. The van der Waals surface area contributed by atoms with Crippen LogP contribution in [0.4, 0.5) is 0 Å². The van der Waals surface area contributed by atoms with Gasteiger partial charge in [-0.3, -0.25) is 4.98 Å². The third-order valence-corrected chi connectivity index (χ3v) is 3.74. The molecular weight excluding hydrogens is 260 g/mol. The summed E-state index contributed by atoms with van der Waals surface area (Å²) in [7, 11) is 0. The molecule has 3 aromatic rings. The number of rotatable bonds is 4. The van der Waals surface area contributed by atoms with Crippen LogP contribution in [0, 0.1) is 6.20 Å².